The molecule has 0 amide bonds. The molecule has 0 aromatic carbocycles. The number of nitrogens with zero attached hydrogens (tertiary/aromatic N) is 1. The molecule has 1 heterocycles. The summed E-state index contributed by atoms with van der Waals surface area (Å²) in [5.74, 6) is 0. The molecule has 0 radical (unpaired) electrons. The zero-order valence-electron chi connectivity index (χ0n) is 6.89. The fraction of sp³-hybridized carbons (Fsp3) is 0.444. The molecular weight excluding hydrogens is 136 g/mol. The average molecular weight is 148 g/mol. The highest BCUT2D eigenvalue weighted by Gasteiger charge is 2.21. The van der Waals surface area contributed by atoms with Gasteiger partial charge in [-0.05, 0) is 11.8 Å². The first-order valence-electron chi connectivity index (χ1n) is 3.89. The molecule has 2 heteroatoms. The fourth-order valence-corrected chi connectivity index (χ4v) is 1.44. The van der Waals surface area contributed by atoms with E-state index in [1.165, 1.54) is 11.3 Å². The van der Waals surface area contributed by atoms with E-state index in [4.69, 9.17) is 0 Å². The molecule has 0 atom stereocenters. The predicted molar refractivity (Wildman–Crippen MR) is 45.1 cm³/mol. The number of aromatic nitrogens is 2. The van der Waals surface area contributed by atoms with Gasteiger partial charge in [-0.15, -0.1) is 0 Å². The molecular formula is C9H12N2. The van der Waals surface area contributed by atoms with Gasteiger partial charge in [0.15, 0.2) is 0 Å². The molecule has 58 valence electrons. The largest absolute Gasteiger partial charge is 0.282 e. The highest BCUT2D eigenvalue weighted by Crippen LogP contribution is 2.29. The first-order chi connectivity index (χ1) is 5.17. The average Bonchev–Trinajstić information content (AvgIpc) is 2.31. The minimum Gasteiger partial charge on any atom is -0.282 e. The Kier molecular flexibility index (Phi) is 1.19. The highest BCUT2D eigenvalue weighted by molar-refractivity contribution is 5.54. The first-order valence-corrected chi connectivity index (χ1v) is 3.89. The van der Waals surface area contributed by atoms with Gasteiger partial charge in [0, 0.05) is 11.3 Å². The van der Waals surface area contributed by atoms with E-state index in [2.05, 4.69) is 36.2 Å². The second-order valence-corrected chi connectivity index (χ2v) is 3.80. The van der Waals surface area contributed by atoms with E-state index >= 15 is 0 Å². The molecule has 1 aromatic heterocycles. The van der Waals surface area contributed by atoms with Crippen molar-refractivity contribution in [1.29, 1.82) is 0 Å². The van der Waals surface area contributed by atoms with E-state index < -0.39 is 0 Å². The molecule has 11 heavy (non-hydrogen) atoms. The number of hydrogen-bond acceptors (Lipinski definition) is 1. The normalized spacial score (nSPS) is 19.8. The number of nitrogens with one attached hydrogen (secondary N) is 1. The van der Waals surface area contributed by atoms with Crippen molar-refractivity contribution in [1.82, 2.24) is 10.2 Å². The van der Waals surface area contributed by atoms with Gasteiger partial charge in [0.2, 0.25) is 0 Å². The van der Waals surface area contributed by atoms with Crippen LogP contribution >= 0.6 is 0 Å². The Morgan fingerprint density at radius 1 is 1.55 bits per heavy atom. The monoisotopic (exact) mass is 148 g/mol. The lowest BCUT2D eigenvalue weighted by atomic mass is 9.83. The van der Waals surface area contributed by atoms with E-state index in [0.717, 1.165) is 6.42 Å². The van der Waals surface area contributed by atoms with E-state index in [9.17, 15) is 0 Å². The second kappa shape index (κ2) is 1.97. The van der Waals surface area contributed by atoms with E-state index in [0.29, 0.717) is 5.41 Å². The molecule has 0 aliphatic heterocycles. The lowest BCUT2D eigenvalue weighted by molar-refractivity contribution is 0.468. The molecule has 1 N–H and O–H groups in total. The van der Waals surface area contributed by atoms with Crippen LogP contribution in [0.1, 0.15) is 25.1 Å². The zero-order valence-corrected chi connectivity index (χ0v) is 6.89. The van der Waals surface area contributed by atoms with Crippen molar-refractivity contribution in [2.24, 2.45) is 5.41 Å². The summed E-state index contributed by atoms with van der Waals surface area (Å²) < 4.78 is 0. The van der Waals surface area contributed by atoms with Crippen molar-refractivity contribution >= 4 is 6.08 Å². The third-order valence-corrected chi connectivity index (χ3v) is 2.10. The van der Waals surface area contributed by atoms with Gasteiger partial charge >= 0.3 is 0 Å². The quantitative estimate of drug-likeness (QED) is 0.599. The summed E-state index contributed by atoms with van der Waals surface area (Å²) in [5.41, 5.74) is 2.79. The molecule has 0 saturated heterocycles. The van der Waals surface area contributed by atoms with Crippen LogP contribution in [0.2, 0.25) is 0 Å². The summed E-state index contributed by atoms with van der Waals surface area (Å²) >= 11 is 0. The molecule has 0 unspecified atom stereocenters. The summed E-state index contributed by atoms with van der Waals surface area (Å²) in [7, 11) is 0. The second-order valence-electron chi connectivity index (χ2n) is 3.80. The maximum absolute atomic E-state index is 3.99. The van der Waals surface area contributed by atoms with E-state index in [-0.39, 0.29) is 0 Å². The summed E-state index contributed by atoms with van der Waals surface area (Å²) in [5, 5.41) is 7.01. The van der Waals surface area contributed by atoms with E-state index in [1.54, 1.807) is 0 Å². The summed E-state index contributed by atoms with van der Waals surface area (Å²) in [6, 6.07) is 0. The van der Waals surface area contributed by atoms with Crippen LogP contribution in [0, 0.1) is 5.41 Å². The van der Waals surface area contributed by atoms with Gasteiger partial charge in [-0.3, -0.25) is 5.10 Å². The van der Waals surface area contributed by atoms with Gasteiger partial charge in [-0.2, -0.15) is 5.10 Å². The molecule has 2 rings (SSSR count). The number of H-pyrrole nitrogens is 1. The Balaban J connectivity index is 2.44. The molecule has 0 fully saturated rings. The van der Waals surface area contributed by atoms with Gasteiger partial charge in [0.1, 0.15) is 0 Å². The minimum atomic E-state index is 0.291. The number of allylic oxidation sites excluding steroid dienone is 1. The van der Waals surface area contributed by atoms with Gasteiger partial charge in [0.25, 0.3) is 0 Å². The predicted octanol–water partition coefficient (Wildman–Crippen LogP) is 2.01. The van der Waals surface area contributed by atoms with Crippen LogP contribution in [0.25, 0.3) is 6.08 Å². The third kappa shape index (κ3) is 1.09. The SMILES string of the molecule is CC1(C)C=Cc2cn[nH]c2C1. The van der Waals surface area contributed by atoms with Crippen molar-refractivity contribution < 1.29 is 0 Å². The lowest BCUT2D eigenvalue weighted by Crippen LogP contribution is -2.15. The zero-order chi connectivity index (χ0) is 7.90. The maximum atomic E-state index is 3.99. The Bertz CT molecular complexity index is 294. The van der Waals surface area contributed by atoms with Crippen LogP contribution in [-0.2, 0) is 6.42 Å². The van der Waals surface area contributed by atoms with Crippen LogP contribution in [0.15, 0.2) is 12.3 Å². The highest BCUT2D eigenvalue weighted by atomic mass is 15.1. The van der Waals surface area contributed by atoms with Crippen molar-refractivity contribution in [3.63, 3.8) is 0 Å². The topological polar surface area (TPSA) is 28.7 Å². The van der Waals surface area contributed by atoms with Crippen LogP contribution in [0.4, 0.5) is 0 Å². The van der Waals surface area contributed by atoms with Crippen LogP contribution in [0.3, 0.4) is 0 Å². The van der Waals surface area contributed by atoms with Crippen molar-refractivity contribution in [2.75, 3.05) is 0 Å². The molecule has 0 saturated carbocycles. The minimum absolute atomic E-state index is 0.291. The van der Waals surface area contributed by atoms with Gasteiger partial charge in [-0.1, -0.05) is 26.0 Å². The molecule has 0 bridgehead atoms. The Labute approximate surface area is 66.3 Å². The van der Waals surface area contributed by atoms with Crippen LogP contribution < -0.4 is 0 Å². The van der Waals surface area contributed by atoms with E-state index in [1.807, 2.05) is 6.20 Å². The van der Waals surface area contributed by atoms with Gasteiger partial charge < -0.3 is 0 Å². The third-order valence-electron chi connectivity index (χ3n) is 2.10. The fourth-order valence-electron chi connectivity index (χ4n) is 1.44. The molecule has 1 aromatic rings. The molecule has 1 aliphatic rings. The maximum Gasteiger partial charge on any atom is 0.0562 e. The number of rotatable bonds is 0. The van der Waals surface area contributed by atoms with Crippen LogP contribution in [0.5, 0.6) is 0 Å². The molecule has 2 nitrogen and oxygen atoms in total. The van der Waals surface area contributed by atoms with Crippen LogP contribution in [-0.4, -0.2) is 10.2 Å². The Hall–Kier alpha value is -1.05. The van der Waals surface area contributed by atoms with Crippen molar-refractivity contribution in [3.8, 4) is 0 Å². The van der Waals surface area contributed by atoms with Gasteiger partial charge in [0.05, 0.1) is 6.20 Å². The first kappa shape index (κ1) is 6.65. The number of hydrogen-bond donors (Lipinski definition) is 1. The molecule has 0 spiro atoms. The molecule has 1 aliphatic carbocycles. The standard InChI is InChI=1S/C9H12N2/c1-9(2)4-3-7-6-10-11-8(7)5-9/h3-4,6H,5H2,1-2H3,(H,10,11). The lowest BCUT2D eigenvalue weighted by Gasteiger charge is -2.22. The van der Waals surface area contributed by atoms with Crippen molar-refractivity contribution in [3.05, 3.63) is 23.5 Å². The summed E-state index contributed by atoms with van der Waals surface area (Å²) in [6.07, 6.45) is 7.33. The Morgan fingerprint density at radius 2 is 2.36 bits per heavy atom. The number of aromatic amines is 1. The van der Waals surface area contributed by atoms with Gasteiger partial charge in [-0.25, -0.2) is 0 Å². The van der Waals surface area contributed by atoms with Crippen molar-refractivity contribution in [2.45, 2.75) is 20.3 Å². The number of fused-ring (bicyclic) bond motifs is 1. The smallest absolute Gasteiger partial charge is 0.0562 e. The Morgan fingerprint density at radius 3 is 3.18 bits per heavy atom. The summed E-state index contributed by atoms with van der Waals surface area (Å²) in [4.78, 5) is 0. The summed E-state index contributed by atoms with van der Waals surface area (Å²) in [6.45, 7) is 4.46.